The lowest BCUT2D eigenvalue weighted by atomic mass is 9.96. The maximum absolute atomic E-state index is 13.9. The highest BCUT2D eigenvalue weighted by Crippen LogP contribution is 2.35. The summed E-state index contributed by atoms with van der Waals surface area (Å²) in [5.74, 6) is -0.688. The van der Waals surface area contributed by atoms with Crippen LogP contribution in [0.15, 0.2) is 41.1 Å². The fourth-order valence-corrected chi connectivity index (χ4v) is 3.40. The van der Waals surface area contributed by atoms with Crippen LogP contribution >= 0.6 is 0 Å². The standard InChI is InChI=1S/C20H19F4N5O2/c1-30-16-3-2-12(10-14(16)21)15-11-18(31-28-15)26-17-4-7-25-19(27-17)29-8-5-13(6-9-29)20(22,23)24/h2-4,7,10-11,13H,5-6,8-9H2,1H3,(H,25,26,27). The zero-order valence-electron chi connectivity index (χ0n) is 16.5. The van der Waals surface area contributed by atoms with Crippen LogP contribution in [0.5, 0.6) is 5.75 Å². The lowest BCUT2D eigenvalue weighted by Crippen LogP contribution is -2.39. The number of halogens is 4. The number of nitrogens with one attached hydrogen (secondary N) is 1. The Labute approximate surface area is 175 Å². The second-order valence-electron chi connectivity index (χ2n) is 7.10. The van der Waals surface area contributed by atoms with Gasteiger partial charge in [0.15, 0.2) is 11.6 Å². The van der Waals surface area contributed by atoms with Crippen molar-refractivity contribution in [1.82, 2.24) is 15.1 Å². The third-order valence-corrected chi connectivity index (χ3v) is 5.09. The average Bonchev–Trinajstić information content (AvgIpc) is 3.22. The van der Waals surface area contributed by atoms with E-state index in [-0.39, 0.29) is 37.6 Å². The van der Waals surface area contributed by atoms with Crippen LogP contribution in [-0.4, -0.2) is 41.5 Å². The van der Waals surface area contributed by atoms with Crippen molar-refractivity contribution in [3.63, 3.8) is 0 Å². The molecule has 0 atom stereocenters. The summed E-state index contributed by atoms with van der Waals surface area (Å²) in [6.45, 7) is 0.451. The molecule has 0 bridgehead atoms. The fourth-order valence-electron chi connectivity index (χ4n) is 3.40. The number of methoxy groups -OCH3 is 1. The van der Waals surface area contributed by atoms with Crippen molar-refractivity contribution in [2.45, 2.75) is 19.0 Å². The van der Waals surface area contributed by atoms with E-state index >= 15 is 0 Å². The van der Waals surface area contributed by atoms with Crippen molar-refractivity contribution in [2.24, 2.45) is 5.92 Å². The van der Waals surface area contributed by atoms with Gasteiger partial charge < -0.3 is 19.5 Å². The van der Waals surface area contributed by atoms with Gasteiger partial charge in [0.1, 0.15) is 11.5 Å². The first-order valence-electron chi connectivity index (χ1n) is 9.56. The van der Waals surface area contributed by atoms with Gasteiger partial charge in [0.05, 0.1) is 13.0 Å². The van der Waals surface area contributed by atoms with Crippen molar-refractivity contribution >= 4 is 17.7 Å². The van der Waals surface area contributed by atoms with E-state index in [1.165, 1.54) is 25.4 Å². The Bertz CT molecular complexity index is 1050. The normalized spacial score (nSPS) is 15.2. The molecule has 0 radical (unpaired) electrons. The Morgan fingerprint density at radius 1 is 1.16 bits per heavy atom. The highest BCUT2D eigenvalue weighted by atomic mass is 19.4. The Kier molecular flexibility index (Phi) is 5.66. The van der Waals surface area contributed by atoms with Gasteiger partial charge in [-0.3, -0.25) is 0 Å². The molecule has 0 amide bonds. The van der Waals surface area contributed by atoms with Crippen molar-refractivity contribution in [3.8, 4) is 17.0 Å². The number of alkyl halides is 3. The smallest absolute Gasteiger partial charge is 0.391 e. The molecule has 1 saturated heterocycles. The fraction of sp³-hybridized carbons (Fsp3) is 0.350. The Balaban J connectivity index is 1.44. The topological polar surface area (TPSA) is 76.3 Å². The van der Waals surface area contributed by atoms with Gasteiger partial charge in [-0.05, 0) is 37.1 Å². The van der Waals surface area contributed by atoms with Gasteiger partial charge in [-0.2, -0.15) is 18.2 Å². The largest absolute Gasteiger partial charge is 0.494 e. The Morgan fingerprint density at radius 3 is 2.61 bits per heavy atom. The van der Waals surface area contributed by atoms with Gasteiger partial charge in [-0.15, -0.1) is 0 Å². The molecule has 3 aromatic rings. The molecule has 0 aliphatic carbocycles. The summed E-state index contributed by atoms with van der Waals surface area (Å²) in [5.41, 5.74) is 0.915. The molecular weight excluding hydrogens is 418 g/mol. The number of piperidine rings is 1. The summed E-state index contributed by atoms with van der Waals surface area (Å²) in [6.07, 6.45) is -2.65. The van der Waals surface area contributed by atoms with Gasteiger partial charge in [-0.1, -0.05) is 5.16 Å². The summed E-state index contributed by atoms with van der Waals surface area (Å²) < 4.78 is 62.6. The number of hydrogen-bond donors (Lipinski definition) is 1. The Hall–Kier alpha value is -3.37. The highest BCUT2D eigenvalue weighted by Gasteiger charge is 2.41. The number of rotatable bonds is 5. The highest BCUT2D eigenvalue weighted by molar-refractivity contribution is 5.64. The predicted octanol–water partition coefficient (Wildman–Crippen LogP) is 4.80. The van der Waals surface area contributed by atoms with Crippen LogP contribution < -0.4 is 15.0 Å². The minimum Gasteiger partial charge on any atom is -0.494 e. The second-order valence-corrected chi connectivity index (χ2v) is 7.10. The average molecular weight is 437 g/mol. The van der Waals surface area contributed by atoms with E-state index in [2.05, 4.69) is 20.4 Å². The quantitative estimate of drug-likeness (QED) is 0.575. The van der Waals surface area contributed by atoms with Gasteiger partial charge in [0.2, 0.25) is 11.8 Å². The van der Waals surface area contributed by atoms with Gasteiger partial charge in [0, 0.05) is 30.9 Å². The summed E-state index contributed by atoms with van der Waals surface area (Å²) in [7, 11) is 1.38. The number of nitrogens with zero attached hydrogens (tertiary/aromatic N) is 4. The summed E-state index contributed by atoms with van der Waals surface area (Å²) in [6, 6.07) is 7.61. The predicted molar refractivity (Wildman–Crippen MR) is 105 cm³/mol. The van der Waals surface area contributed by atoms with E-state index in [1.807, 2.05) is 0 Å². The molecular formula is C20H19F4N5O2. The van der Waals surface area contributed by atoms with Crippen molar-refractivity contribution in [2.75, 3.05) is 30.4 Å². The maximum Gasteiger partial charge on any atom is 0.391 e. The molecule has 11 heteroatoms. The molecule has 1 aliphatic rings. The monoisotopic (exact) mass is 437 g/mol. The van der Waals surface area contributed by atoms with Crippen LogP contribution in [0.1, 0.15) is 12.8 Å². The maximum atomic E-state index is 13.9. The van der Waals surface area contributed by atoms with E-state index < -0.39 is 17.9 Å². The summed E-state index contributed by atoms with van der Waals surface area (Å²) in [4.78, 5) is 10.2. The zero-order valence-corrected chi connectivity index (χ0v) is 16.5. The number of aromatic nitrogens is 3. The van der Waals surface area contributed by atoms with Crippen LogP contribution in [0.3, 0.4) is 0 Å². The van der Waals surface area contributed by atoms with Crippen molar-refractivity contribution in [3.05, 3.63) is 42.3 Å². The third kappa shape index (κ3) is 4.70. The molecule has 0 saturated carbocycles. The minimum absolute atomic E-state index is 0.00833. The second kappa shape index (κ2) is 8.40. The number of ether oxygens (including phenoxy) is 1. The van der Waals surface area contributed by atoms with Crippen LogP contribution in [0, 0.1) is 11.7 Å². The molecule has 1 N–H and O–H groups in total. The molecule has 7 nitrogen and oxygen atoms in total. The number of benzene rings is 1. The van der Waals surface area contributed by atoms with E-state index in [0.29, 0.717) is 23.0 Å². The lowest BCUT2D eigenvalue weighted by molar-refractivity contribution is -0.179. The third-order valence-electron chi connectivity index (χ3n) is 5.09. The molecule has 4 rings (SSSR count). The van der Waals surface area contributed by atoms with Gasteiger partial charge >= 0.3 is 6.18 Å². The molecule has 1 aromatic carbocycles. The van der Waals surface area contributed by atoms with E-state index in [1.54, 1.807) is 23.1 Å². The molecule has 31 heavy (non-hydrogen) atoms. The van der Waals surface area contributed by atoms with Crippen LogP contribution in [-0.2, 0) is 0 Å². The zero-order chi connectivity index (χ0) is 22.0. The first-order chi connectivity index (χ1) is 14.8. The number of anilines is 3. The molecule has 3 heterocycles. The van der Waals surface area contributed by atoms with E-state index in [9.17, 15) is 17.6 Å². The molecule has 1 fully saturated rings. The summed E-state index contributed by atoms with van der Waals surface area (Å²) >= 11 is 0. The molecule has 1 aliphatic heterocycles. The molecule has 0 spiro atoms. The van der Waals surface area contributed by atoms with Gasteiger partial charge in [-0.25, -0.2) is 9.37 Å². The molecule has 2 aromatic heterocycles. The van der Waals surface area contributed by atoms with Crippen LogP contribution in [0.2, 0.25) is 0 Å². The first kappa shape index (κ1) is 20.9. The lowest BCUT2D eigenvalue weighted by Gasteiger charge is -2.32. The van der Waals surface area contributed by atoms with Crippen molar-refractivity contribution < 1.29 is 26.8 Å². The van der Waals surface area contributed by atoms with Crippen molar-refractivity contribution in [1.29, 1.82) is 0 Å². The first-order valence-corrected chi connectivity index (χ1v) is 9.56. The van der Waals surface area contributed by atoms with E-state index in [4.69, 9.17) is 9.26 Å². The molecule has 0 unspecified atom stereocenters. The van der Waals surface area contributed by atoms with Crippen LogP contribution in [0.4, 0.5) is 35.2 Å². The van der Waals surface area contributed by atoms with Crippen LogP contribution in [0.25, 0.3) is 11.3 Å². The minimum atomic E-state index is -4.17. The summed E-state index contributed by atoms with van der Waals surface area (Å²) in [5, 5.41) is 6.86. The Morgan fingerprint density at radius 2 is 1.94 bits per heavy atom. The van der Waals surface area contributed by atoms with Gasteiger partial charge in [0.25, 0.3) is 0 Å². The SMILES string of the molecule is COc1ccc(-c2cc(Nc3ccnc(N4CCC(C(F)(F)F)CC4)n3)on2)cc1F. The molecule has 164 valence electrons. The van der Waals surface area contributed by atoms with E-state index in [0.717, 1.165) is 0 Å². The number of hydrogen-bond acceptors (Lipinski definition) is 7.